The first-order valence-electron chi connectivity index (χ1n) is 7.91. The van der Waals surface area contributed by atoms with Crippen LogP contribution in [0.5, 0.6) is 23.0 Å². The van der Waals surface area contributed by atoms with Crippen molar-refractivity contribution in [1.29, 1.82) is 0 Å². The lowest BCUT2D eigenvalue weighted by molar-refractivity contribution is -0.123. The summed E-state index contributed by atoms with van der Waals surface area (Å²) in [5, 5.41) is 2.83. The molecule has 6 heteroatoms. The molecule has 25 heavy (non-hydrogen) atoms. The maximum absolute atomic E-state index is 12.0. The zero-order chi connectivity index (χ0) is 18.1. The van der Waals surface area contributed by atoms with E-state index in [0.29, 0.717) is 23.8 Å². The minimum atomic E-state index is -0.207. The summed E-state index contributed by atoms with van der Waals surface area (Å²) in [4.78, 5) is 12.0. The molecule has 0 bridgehead atoms. The predicted octanol–water partition coefficient (Wildman–Crippen LogP) is 2.45. The van der Waals surface area contributed by atoms with E-state index in [1.165, 1.54) is 14.2 Å². The van der Waals surface area contributed by atoms with Gasteiger partial charge in [-0.25, -0.2) is 0 Å². The molecule has 0 spiro atoms. The van der Waals surface area contributed by atoms with Gasteiger partial charge in [-0.15, -0.1) is 0 Å². The molecule has 2 aromatic rings. The highest BCUT2D eigenvalue weighted by Gasteiger charge is 2.13. The highest BCUT2D eigenvalue weighted by molar-refractivity contribution is 5.77. The second kappa shape index (κ2) is 9.42. The Hall–Kier alpha value is -2.89. The van der Waals surface area contributed by atoms with Crippen LogP contribution in [-0.2, 0) is 11.2 Å². The minimum absolute atomic E-state index is 0.112. The molecule has 0 aliphatic heterocycles. The van der Waals surface area contributed by atoms with Gasteiger partial charge in [0, 0.05) is 6.54 Å². The highest BCUT2D eigenvalue weighted by Crippen LogP contribution is 2.36. The average Bonchev–Trinajstić information content (AvgIpc) is 2.66. The van der Waals surface area contributed by atoms with Gasteiger partial charge in [0.1, 0.15) is 5.75 Å². The number of methoxy groups -OCH3 is 3. The van der Waals surface area contributed by atoms with Crippen LogP contribution in [0.25, 0.3) is 0 Å². The zero-order valence-corrected chi connectivity index (χ0v) is 14.7. The summed E-state index contributed by atoms with van der Waals surface area (Å²) in [7, 11) is 4.71. The van der Waals surface area contributed by atoms with E-state index in [2.05, 4.69) is 5.32 Å². The van der Waals surface area contributed by atoms with Crippen LogP contribution in [0.2, 0.25) is 0 Å². The van der Waals surface area contributed by atoms with Gasteiger partial charge < -0.3 is 24.3 Å². The Labute approximate surface area is 147 Å². The van der Waals surface area contributed by atoms with Gasteiger partial charge in [-0.3, -0.25) is 4.79 Å². The molecule has 0 radical (unpaired) electrons. The molecular weight excluding hydrogens is 322 g/mol. The second-order valence-corrected chi connectivity index (χ2v) is 5.23. The standard InChI is InChI=1S/C19H23NO5/c1-22-15-9-7-14(8-10-15)11-12-20-18(21)13-25-19-16(23-2)5-4-6-17(19)24-3/h4-10H,11-13H2,1-3H3,(H,20,21). The summed E-state index contributed by atoms with van der Waals surface area (Å²) in [5.74, 6) is 2.06. The van der Waals surface area contributed by atoms with Crippen molar-refractivity contribution < 1.29 is 23.7 Å². The maximum Gasteiger partial charge on any atom is 0.257 e. The molecule has 0 unspecified atom stereocenters. The Morgan fingerprint density at radius 3 is 2.12 bits per heavy atom. The largest absolute Gasteiger partial charge is 0.497 e. The zero-order valence-electron chi connectivity index (χ0n) is 14.7. The molecule has 2 aromatic carbocycles. The maximum atomic E-state index is 12.0. The van der Waals surface area contributed by atoms with Crippen LogP contribution in [0.1, 0.15) is 5.56 Å². The highest BCUT2D eigenvalue weighted by atomic mass is 16.5. The van der Waals surface area contributed by atoms with Crippen LogP contribution in [0.15, 0.2) is 42.5 Å². The third kappa shape index (κ3) is 5.31. The van der Waals surface area contributed by atoms with Crippen molar-refractivity contribution in [2.75, 3.05) is 34.5 Å². The third-order valence-electron chi connectivity index (χ3n) is 3.63. The summed E-state index contributed by atoms with van der Waals surface area (Å²) < 4.78 is 21.1. The first kappa shape index (κ1) is 18.4. The Kier molecular flexibility index (Phi) is 6.95. The van der Waals surface area contributed by atoms with Crippen molar-refractivity contribution in [2.24, 2.45) is 0 Å². The number of rotatable bonds is 9. The van der Waals surface area contributed by atoms with Gasteiger partial charge in [0.2, 0.25) is 5.75 Å². The number of hydrogen-bond donors (Lipinski definition) is 1. The fourth-order valence-electron chi connectivity index (χ4n) is 2.29. The Bertz CT molecular complexity index is 662. The summed E-state index contributed by atoms with van der Waals surface area (Å²) in [6.45, 7) is 0.414. The van der Waals surface area contributed by atoms with Crippen LogP contribution in [0.4, 0.5) is 0 Å². The quantitative estimate of drug-likeness (QED) is 0.756. The number of carbonyl (C=O) groups is 1. The lowest BCUT2D eigenvalue weighted by Crippen LogP contribution is -2.30. The summed E-state index contributed by atoms with van der Waals surface area (Å²) in [5.41, 5.74) is 1.12. The molecule has 0 aromatic heterocycles. The van der Waals surface area contributed by atoms with E-state index in [1.807, 2.05) is 24.3 Å². The average molecular weight is 345 g/mol. The summed E-state index contributed by atoms with van der Waals surface area (Å²) in [6, 6.07) is 13.0. The molecule has 0 fully saturated rings. The molecule has 0 aliphatic rings. The van der Waals surface area contributed by atoms with Crippen LogP contribution in [0.3, 0.4) is 0 Å². The number of nitrogens with one attached hydrogen (secondary N) is 1. The Morgan fingerprint density at radius 1 is 0.920 bits per heavy atom. The van der Waals surface area contributed by atoms with E-state index in [-0.39, 0.29) is 12.5 Å². The fraction of sp³-hybridized carbons (Fsp3) is 0.316. The van der Waals surface area contributed by atoms with Gasteiger partial charge in [0.25, 0.3) is 5.91 Å². The van der Waals surface area contributed by atoms with Crippen LogP contribution < -0.4 is 24.3 Å². The van der Waals surface area contributed by atoms with Crippen molar-refractivity contribution in [3.05, 3.63) is 48.0 Å². The molecule has 134 valence electrons. The smallest absolute Gasteiger partial charge is 0.257 e. The van der Waals surface area contributed by atoms with Crippen LogP contribution in [0, 0.1) is 0 Å². The first-order chi connectivity index (χ1) is 12.2. The number of para-hydroxylation sites is 1. The minimum Gasteiger partial charge on any atom is -0.497 e. The lowest BCUT2D eigenvalue weighted by atomic mass is 10.1. The van der Waals surface area contributed by atoms with Crippen molar-refractivity contribution in [2.45, 2.75) is 6.42 Å². The third-order valence-corrected chi connectivity index (χ3v) is 3.63. The Morgan fingerprint density at radius 2 is 1.56 bits per heavy atom. The van der Waals surface area contributed by atoms with E-state index in [1.54, 1.807) is 25.3 Å². The monoisotopic (exact) mass is 345 g/mol. The van der Waals surface area contributed by atoms with Gasteiger partial charge in [0.05, 0.1) is 21.3 Å². The molecule has 0 saturated carbocycles. The van der Waals surface area contributed by atoms with Gasteiger partial charge in [-0.05, 0) is 36.2 Å². The van der Waals surface area contributed by atoms with Crippen LogP contribution in [-0.4, -0.2) is 40.4 Å². The number of benzene rings is 2. The summed E-state index contributed by atoms with van der Waals surface area (Å²) >= 11 is 0. The molecule has 0 atom stereocenters. The molecule has 0 saturated heterocycles. The second-order valence-electron chi connectivity index (χ2n) is 5.23. The SMILES string of the molecule is COc1ccc(CCNC(=O)COc2c(OC)cccc2OC)cc1. The van der Waals surface area contributed by atoms with E-state index in [4.69, 9.17) is 18.9 Å². The van der Waals surface area contributed by atoms with Crippen LogP contribution >= 0.6 is 0 Å². The molecule has 1 amide bonds. The number of ether oxygens (including phenoxy) is 4. The topological polar surface area (TPSA) is 66.0 Å². The molecule has 6 nitrogen and oxygen atoms in total. The normalized spacial score (nSPS) is 10.0. The molecule has 1 N–H and O–H groups in total. The van der Waals surface area contributed by atoms with Gasteiger partial charge in [-0.1, -0.05) is 18.2 Å². The number of hydrogen-bond acceptors (Lipinski definition) is 5. The van der Waals surface area contributed by atoms with Crippen molar-refractivity contribution in [1.82, 2.24) is 5.32 Å². The lowest BCUT2D eigenvalue weighted by Gasteiger charge is -2.14. The van der Waals surface area contributed by atoms with Crippen molar-refractivity contribution in [3.8, 4) is 23.0 Å². The number of amides is 1. The fourth-order valence-corrected chi connectivity index (χ4v) is 2.29. The molecule has 0 heterocycles. The van der Waals surface area contributed by atoms with Crippen molar-refractivity contribution in [3.63, 3.8) is 0 Å². The van der Waals surface area contributed by atoms with Gasteiger partial charge in [0.15, 0.2) is 18.1 Å². The van der Waals surface area contributed by atoms with E-state index in [0.717, 1.165) is 17.7 Å². The van der Waals surface area contributed by atoms with E-state index in [9.17, 15) is 4.79 Å². The summed E-state index contributed by atoms with van der Waals surface area (Å²) in [6.07, 6.45) is 0.730. The van der Waals surface area contributed by atoms with E-state index < -0.39 is 0 Å². The van der Waals surface area contributed by atoms with Gasteiger partial charge >= 0.3 is 0 Å². The van der Waals surface area contributed by atoms with E-state index >= 15 is 0 Å². The molecule has 0 aliphatic carbocycles. The molecule has 2 rings (SSSR count). The van der Waals surface area contributed by atoms with Crippen molar-refractivity contribution >= 4 is 5.91 Å². The predicted molar refractivity (Wildman–Crippen MR) is 94.7 cm³/mol. The number of carbonyl (C=O) groups excluding carboxylic acids is 1. The Balaban J connectivity index is 1.81. The van der Waals surface area contributed by atoms with Gasteiger partial charge in [-0.2, -0.15) is 0 Å². The molecular formula is C19H23NO5. The first-order valence-corrected chi connectivity index (χ1v) is 7.91.